The fourth-order valence-electron chi connectivity index (χ4n) is 1.74. The number of nitrogens with two attached hydrogens (primary N) is 1. The van der Waals surface area contributed by atoms with Gasteiger partial charge in [0.15, 0.2) is 0 Å². The summed E-state index contributed by atoms with van der Waals surface area (Å²) in [5.41, 5.74) is 6.80. The molecule has 1 saturated heterocycles. The summed E-state index contributed by atoms with van der Waals surface area (Å²) in [7, 11) is 1.65. The van der Waals surface area contributed by atoms with E-state index in [2.05, 4.69) is 15.9 Å². The Morgan fingerprint density at radius 1 is 1.39 bits per heavy atom. The lowest BCUT2D eigenvalue weighted by molar-refractivity contribution is -0.0581. The van der Waals surface area contributed by atoms with Crippen LogP contribution in [0.4, 0.5) is 0 Å². The molecular weight excluding hydrogens is 321 g/mol. The first-order valence-corrected chi connectivity index (χ1v) is 6.23. The van der Waals surface area contributed by atoms with Crippen molar-refractivity contribution in [2.75, 3.05) is 33.5 Å². The first kappa shape index (κ1) is 15.7. The molecule has 102 valence electrons. The van der Waals surface area contributed by atoms with Gasteiger partial charge in [-0.05, 0) is 12.1 Å². The lowest BCUT2D eigenvalue weighted by Crippen LogP contribution is -2.54. The highest BCUT2D eigenvalue weighted by Gasteiger charge is 2.38. The molecule has 0 bridgehead atoms. The number of benzene rings is 1. The van der Waals surface area contributed by atoms with E-state index in [0.717, 1.165) is 15.8 Å². The maximum atomic E-state index is 6.23. The summed E-state index contributed by atoms with van der Waals surface area (Å²) in [6.45, 7) is 2.14. The third-order valence-corrected chi connectivity index (χ3v) is 3.24. The Morgan fingerprint density at radius 2 is 2.11 bits per heavy atom. The van der Waals surface area contributed by atoms with E-state index < -0.39 is 5.54 Å². The van der Waals surface area contributed by atoms with Crippen LogP contribution in [0.3, 0.4) is 0 Å². The maximum absolute atomic E-state index is 6.23. The van der Waals surface area contributed by atoms with Gasteiger partial charge in [-0.3, -0.25) is 0 Å². The standard InChI is InChI=1S/C12H16BrNO3.ClH/c1-15-4-5-17-11-6-9(13)2-3-10(11)12(14)7-16-8-12;/h2-3,6H,4-5,7-8,14H2,1H3;1H. The number of rotatable bonds is 5. The molecule has 1 aromatic carbocycles. The van der Waals surface area contributed by atoms with Crippen LogP contribution in [0.5, 0.6) is 5.75 Å². The molecule has 0 aliphatic carbocycles. The molecule has 0 amide bonds. The van der Waals surface area contributed by atoms with E-state index in [4.69, 9.17) is 19.9 Å². The molecule has 1 fully saturated rings. The van der Waals surface area contributed by atoms with E-state index in [-0.39, 0.29) is 12.4 Å². The lowest BCUT2D eigenvalue weighted by Gasteiger charge is -2.39. The molecule has 0 atom stereocenters. The number of ether oxygens (including phenoxy) is 3. The summed E-state index contributed by atoms with van der Waals surface area (Å²) < 4.78 is 16.8. The van der Waals surface area contributed by atoms with Gasteiger partial charge in [0.25, 0.3) is 0 Å². The average Bonchev–Trinajstić information content (AvgIpc) is 2.27. The lowest BCUT2D eigenvalue weighted by atomic mass is 9.88. The van der Waals surface area contributed by atoms with Crippen LogP contribution in [-0.2, 0) is 15.0 Å². The monoisotopic (exact) mass is 337 g/mol. The molecule has 1 aromatic rings. The van der Waals surface area contributed by atoms with E-state index in [1.54, 1.807) is 7.11 Å². The molecule has 4 nitrogen and oxygen atoms in total. The van der Waals surface area contributed by atoms with Crippen molar-refractivity contribution in [1.82, 2.24) is 0 Å². The van der Waals surface area contributed by atoms with Crippen LogP contribution in [0.2, 0.25) is 0 Å². The number of methoxy groups -OCH3 is 1. The summed E-state index contributed by atoms with van der Waals surface area (Å²) in [5.74, 6) is 0.794. The van der Waals surface area contributed by atoms with Crippen LogP contribution in [0, 0.1) is 0 Å². The smallest absolute Gasteiger partial charge is 0.125 e. The molecule has 0 aromatic heterocycles. The van der Waals surface area contributed by atoms with Crippen molar-refractivity contribution >= 4 is 28.3 Å². The summed E-state index contributed by atoms with van der Waals surface area (Å²) in [6.07, 6.45) is 0. The molecule has 1 aliphatic rings. The van der Waals surface area contributed by atoms with E-state index in [1.165, 1.54) is 0 Å². The Bertz CT molecular complexity index is 399. The van der Waals surface area contributed by atoms with Gasteiger partial charge >= 0.3 is 0 Å². The van der Waals surface area contributed by atoms with Crippen LogP contribution in [0.15, 0.2) is 22.7 Å². The Balaban J connectivity index is 0.00000162. The normalized spacial score (nSPS) is 16.6. The van der Waals surface area contributed by atoms with Crippen molar-refractivity contribution in [3.05, 3.63) is 28.2 Å². The van der Waals surface area contributed by atoms with Crippen molar-refractivity contribution in [3.63, 3.8) is 0 Å². The third kappa shape index (κ3) is 3.36. The van der Waals surface area contributed by atoms with Crippen LogP contribution in [-0.4, -0.2) is 33.5 Å². The zero-order chi connectivity index (χ0) is 12.3. The van der Waals surface area contributed by atoms with Crippen LogP contribution < -0.4 is 10.5 Å². The molecule has 1 heterocycles. The predicted octanol–water partition coefficient (Wildman–Crippen LogP) is 2.08. The molecule has 18 heavy (non-hydrogen) atoms. The highest BCUT2D eigenvalue weighted by atomic mass is 79.9. The van der Waals surface area contributed by atoms with E-state index >= 15 is 0 Å². The minimum atomic E-state index is -0.414. The highest BCUT2D eigenvalue weighted by molar-refractivity contribution is 9.10. The Kier molecular flexibility index (Phi) is 5.88. The van der Waals surface area contributed by atoms with Gasteiger partial charge in [0, 0.05) is 17.1 Å². The number of hydrogen-bond acceptors (Lipinski definition) is 4. The Labute approximate surface area is 121 Å². The maximum Gasteiger partial charge on any atom is 0.125 e. The first-order valence-electron chi connectivity index (χ1n) is 5.44. The minimum absolute atomic E-state index is 0. The fourth-order valence-corrected chi connectivity index (χ4v) is 2.08. The Hall–Kier alpha value is -0.330. The van der Waals surface area contributed by atoms with Crippen molar-refractivity contribution in [2.45, 2.75) is 5.54 Å². The van der Waals surface area contributed by atoms with E-state index in [0.29, 0.717) is 26.4 Å². The minimum Gasteiger partial charge on any atom is -0.491 e. The summed E-state index contributed by atoms with van der Waals surface area (Å²) in [6, 6.07) is 5.87. The SMILES string of the molecule is COCCOc1cc(Br)ccc1C1(N)COC1.Cl. The molecule has 2 N–H and O–H groups in total. The largest absolute Gasteiger partial charge is 0.491 e. The van der Waals surface area contributed by atoms with Gasteiger partial charge in [-0.15, -0.1) is 12.4 Å². The van der Waals surface area contributed by atoms with Gasteiger partial charge < -0.3 is 19.9 Å². The van der Waals surface area contributed by atoms with Crippen molar-refractivity contribution < 1.29 is 14.2 Å². The van der Waals surface area contributed by atoms with Gasteiger partial charge in [0.2, 0.25) is 0 Å². The van der Waals surface area contributed by atoms with Gasteiger partial charge in [-0.1, -0.05) is 22.0 Å². The summed E-state index contributed by atoms with van der Waals surface area (Å²) >= 11 is 3.43. The molecule has 1 aliphatic heterocycles. The van der Waals surface area contributed by atoms with Crippen molar-refractivity contribution in [1.29, 1.82) is 0 Å². The molecule has 0 radical (unpaired) electrons. The first-order chi connectivity index (χ1) is 8.15. The number of halogens is 2. The molecule has 2 rings (SSSR count). The highest BCUT2D eigenvalue weighted by Crippen LogP contribution is 2.35. The second-order valence-electron chi connectivity index (χ2n) is 4.13. The van der Waals surface area contributed by atoms with E-state index in [1.807, 2.05) is 18.2 Å². The average molecular weight is 339 g/mol. The molecular formula is C12H17BrClNO3. The fraction of sp³-hybridized carbons (Fsp3) is 0.500. The van der Waals surface area contributed by atoms with E-state index in [9.17, 15) is 0 Å². The van der Waals surface area contributed by atoms with Gasteiger partial charge in [-0.25, -0.2) is 0 Å². The summed E-state index contributed by atoms with van der Waals surface area (Å²) in [5, 5.41) is 0. The second kappa shape index (κ2) is 6.73. The van der Waals surface area contributed by atoms with Gasteiger partial charge in [-0.2, -0.15) is 0 Å². The predicted molar refractivity (Wildman–Crippen MR) is 75.4 cm³/mol. The quantitative estimate of drug-likeness (QED) is 0.835. The van der Waals surface area contributed by atoms with Crippen LogP contribution >= 0.6 is 28.3 Å². The zero-order valence-corrected chi connectivity index (χ0v) is 12.6. The van der Waals surface area contributed by atoms with Crippen LogP contribution in [0.1, 0.15) is 5.56 Å². The third-order valence-electron chi connectivity index (χ3n) is 2.74. The van der Waals surface area contributed by atoms with Crippen molar-refractivity contribution in [2.24, 2.45) is 5.73 Å². The number of hydrogen-bond donors (Lipinski definition) is 1. The van der Waals surface area contributed by atoms with Gasteiger partial charge in [0.1, 0.15) is 12.4 Å². The molecule has 0 saturated carbocycles. The topological polar surface area (TPSA) is 53.7 Å². The molecule has 6 heteroatoms. The zero-order valence-electron chi connectivity index (χ0n) is 10.1. The second-order valence-corrected chi connectivity index (χ2v) is 5.05. The van der Waals surface area contributed by atoms with Crippen LogP contribution in [0.25, 0.3) is 0 Å². The molecule has 0 unspecified atom stereocenters. The molecule has 0 spiro atoms. The van der Waals surface area contributed by atoms with Crippen molar-refractivity contribution in [3.8, 4) is 5.75 Å². The summed E-state index contributed by atoms with van der Waals surface area (Å²) in [4.78, 5) is 0. The van der Waals surface area contributed by atoms with Gasteiger partial charge in [0.05, 0.1) is 25.4 Å². The Morgan fingerprint density at radius 3 is 2.67 bits per heavy atom.